The molecule has 9 amide bonds. The van der Waals surface area contributed by atoms with E-state index < -0.39 is 167 Å². The highest BCUT2D eigenvalue weighted by atomic mass is 19.2. The zero-order valence-electron chi connectivity index (χ0n) is 59.5. The number of rotatable bonds is 52. The first-order valence-electron chi connectivity index (χ1n) is 35.1. The molecular formula is C64H110F5N25O11. The molecule has 1 saturated carbocycles. The standard InChI is InChI=1S/C64H110F5N25O11/c1-2-3-4-5-6-7-11-19-36(70)51(96)93-44(33-35-46(65)48(67)50(69)49(68)47(35)66)58(103)94-43(32-34-17-9-8-10-18-34)57(102)90-39(22-14-29-84-62(76)77)53(98)87-37(20-12-27-82-60(72)73)52(97)88-38(21-13-28-83-61(74)75)54(99)91-41(25-26-45(71)95)56(101)89-40(23-15-30-85-63(78)79)55(100)92-42(59(104)105)24-16-31-86-64(80)81/h34,36-44H,2-33,70H2,1H3,(H2,71,95)(H,87,98)(H,88,97)(H,89,101)(H,90,102)(H,91,99)(H,92,100)(H,93,96)(H,94,103)(H,104,105)(H4,72,73,82)(H4,74,75,83)(H4,76,77,84)(H4,78,79,85)(H4,80,81,86)/t36?,37-,38-,39-,40-,41-,42-,43-,44-/m1/s1. The van der Waals surface area contributed by atoms with Crippen molar-refractivity contribution in [1.82, 2.24) is 42.5 Å². The number of unbranched alkanes of at least 4 members (excludes halogenated alkanes) is 6. The number of nitrogens with zero attached hydrogens (tertiary/aromatic N) is 5. The molecular weight excluding hydrogens is 1390 g/mol. The molecule has 33 N–H and O–H groups in total. The van der Waals surface area contributed by atoms with Crippen LogP contribution in [0.2, 0.25) is 0 Å². The zero-order valence-corrected chi connectivity index (χ0v) is 59.5. The van der Waals surface area contributed by atoms with Crippen molar-refractivity contribution in [2.75, 3.05) is 32.7 Å². The molecule has 0 heterocycles. The Hall–Kier alpha value is -10.1. The first-order chi connectivity index (χ1) is 49.7. The molecule has 1 fully saturated rings. The lowest BCUT2D eigenvalue weighted by molar-refractivity contribution is -0.142. The molecule has 0 spiro atoms. The monoisotopic (exact) mass is 1500 g/mol. The summed E-state index contributed by atoms with van der Waals surface area (Å²) in [7, 11) is 0. The lowest BCUT2D eigenvalue weighted by atomic mass is 9.84. The van der Waals surface area contributed by atoms with Crippen molar-refractivity contribution in [1.29, 1.82) is 0 Å². The normalized spacial score (nSPS) is 14.6. The van der Waals surface area contributed by atoms with Crippen LogP contribution in [0.25, 0.3) is 0 Å². The molecule has 41 heteroatoms. The summed E-state index contributed by atoms with van der Waals surface area (Å²) in [5.41, 5.74) is 65.5. The van der Waals surface area contributed by atoms with Crippen LogP contribution in [-0.4, -0.2) is 181 Å². The second kappa shape index (κ2) is 49.5. The van der Waals surface area contributed by atoms with Crippen molar-refractivity contribution in [3.8, 4) is 0 Å². The fraction of sp³-hybridized carbons (Fsp3) is 0.672. The molecule has 0 saturated heterocycles. The SMILES string of the molecule is CCCCCCCCCC(N)C(=O)N[C@H](Cc1c(F)c(F)c(F)c(F)c1F)C(=O)N[C@H](CC1CCCCC1)C(=O)N[C@H](CCCN=C(N)N)C(=O)N[C@H](CCCN=C(N)N)C(=O)N[C@H](CCCN=C(N)N)C(=O)N[C@H](CCC(N)=O)C(=O)N[C@H](CCCN=C(N)N)C(=O)N[C@H](CCCN=C(N)N)C(=O)O. The van der Waals surface area contributed by atoms with Crippen molar-refractivity contribution < 1.29 is 75.0 Å². The van der Waals surface area contributed by atoms with Gasteiger partial charge in [-0.1, -0.05) is 84.0 Å². The Labute approximate surface area is 606 Å². The Morgan fingerprint density at radius 3 is 1.02 bits per heavy atom. The molecule has 2 rings (SSSR count). The predicted molar refractivity (Wildman–Crippen MR) is 383 cm³/mol. The Balaban J connectivity index is 2.76. The summed E-state index contributed by atoms with van der Waals surface area (Å²) in [5, 5.41) is 29.8. The minimum atomic E-state index is -2.48. The predicted octanol–water partition coefficient (Wildman–Crippen LogP) is -3.14. The minimum absolute atomic E-state index is 0.00491. The number of halogens is 5. The molecule has 592 valence electrons. The second-order valence-corrected chi connectivity index (χ2v) is 25.6. The largest absolute Gasteiger partial charge is 0.480 e. The first-order valence-corrected chi connectivity index (χ1v) is 35.1. The van der Waals surface area contributed by atoms with E-state index in [0.29, 0.717) is 38.5 Å². The number of hydrogen-bond donors (Lipinski definition) is 21. The van der Waals surface area contributed by atoms with Crippen molar-refractivity contribution in [3.63, 3.8) is 0 Å². The molecule has 9 atom stereocenters. The maximum absolute atomic E-state index is 15.4. The van der Waals surface area contributed by atoms with E-state index in [9.17, 15) is 66.2 Å². The van der Waals surface area contributed by atoms with Gasteiger partial charge in [0.2, 0.25) is 59.0 Å². The molecule has 1 aliphatic carbocycles. The molecule has 0 aromatic heterocycles. The summed E-state index contributed by atoms with van der Waals surface area (Å²) in [4.78, 5) is 160. The van der Waals surface area contributed by atoms with Crippen LogP contribution in [0.15, 0.2) is 25.0 Å². The van der Waals surface area contributed by atoms with Crippen molar-refractivity contribution in [2.45, 2.75) is 235 Å². The van der Waals surface area contributed by atoms with E-state index in [1.54, 1.807) is 0 Å². The van der Waals surface area contributed by atoms with E-state index in [0.717, 1.165) is 38.5 Å². The number of amides is 9. The number of carboxylic acid groups (broad SMARTS) is 1. The van der Waals surface area contributed by atoms with Crippen LogP contribution in [0, 0.1) is 35.0 Å². The number of benzene rings is 1. The van der Waals surface area contributed by atoms with Gasteiger partial charge in [-0.3, -0.25) is 68.1 Å². The second-order valence-electron chi connectivity index (χ2n) is 25.6. The van der Waals surface area contributed by atoms with Crippen molar-refractivity contribution >= 4 is 88.9 Å². The topological polar surface area (TPSA) is 661 Å². The number of nitrogens with one attached hydrogen (secondary N) is 8. The molecule has 0 aliphatic heterocycles. The molecule has 1 unspecified atom stereocenters. The van der Waals surface area contributed by atoms with Crippen LogP contribution in [-0.2, 0) is 54.4 Å². The summed E-state index contributed by atoms with van der Waals surface area (Å²) >= 11 is 0. The molecule has 1 aliphatic rings. The Kier molecular flexibility index (Phi) is 42.9. The van der Waals surface area contributed by atoms with E-state index in [2.05, 4.69) is 74.4 Å². The number of aliphatic imine (C=N–C) groups is 5. The lowest BCUT2D eigenvalue weighted by Gasteiger charge is -2.30. The number of primary amides is 1. The van der Waals surface area contributed by atoms with Gasteiger partial charge in [0.15, 0.2) is 53.1 Å². The van der Waals surface area contributed by atoms with Crippen molar-refractivity contribution in [2.24, 2.45) is 99.7 Å². The Morgan fingerprint density at radius 2 is 0.667 bits per heavy atom. The molecule has 0 bridgehead atoms. The first kappa shape index (κ1) is 91.0. The van der Waals surface area contributed by atoms with Gasteiger partial charge in [0.25, 0.3) is 0 Å². The summed E-state index contributed by atoms with van der Waals surface area (Å²) in [6.45, 7) is 1.60. The number of carbonyl (C=O) groups excluding carboxylic acids is 9. The van der Waals surface area contributed by atoms with Gasteiger partial charge in [0.1, 0.15) is 48.3 Å². The highest BCUT2D eigenvalue weighted by Gasteiger charge is 2.38. The van der Waals surface area contributed by atoms with Crippen LogP contribution < -0.4 is 111 Å². The number of nitrogens with two attached hydrogens (primary N) is 12. The van der Waals surface area contributed by atoms with Crippen molar-refractivity contribution in [3.05, 3.63) is 34.6 Å². The third-order valence-electron chi connectivity index (χ3n) is 16.9. The van der Waals surface area contributed by atoms with Gasteiger partial charge >= 0.3 is 5.97 Å². The fourth-order valence-corrected chi connectivity index (χ4v) is 11.3. The van der Waals surface area contributed by atoms with E-state index in [-0.39, 0.29) is 145 Å². The van der Waals surface area contributed by atoms with Gasteiger partial charge in [0, 0.05) is 51.1 Å². The van der Waals surface area contributed by atoms with Gasteiger partial charge in [0.05, 0.1) is 6.04 Å². The third kappa shape index (κ3) is 36.7. The summed E-state index contributed by atoms with van der Waals surface area (Å²) in [6.07, 6.45) is 5.42. The van der Waals surface area contributed by atoms with Gasteiger partial charge in [-0.2, -0.15) is 0 Å². The van der Waals surface area contributed by atoms with Gasteiger partial charge in [-0.05, 0) is 89.4 Å². The average Bonchev–Trinajstić information content (AvgIpc) is 0.792. The molecule has 105 heavy (non-hydrogen) atoms. The van der Waals surface area contributed by atoms with E-state index in [4.69, 9.17) is 68.8 Å². The van der Waals surface area contributed by atoms with Crippen LogP contribution in [0.1, 0.15) is 179 Å². The fourth-order valence-electron chi connectivity index (χ4n) is 11.3. The Bertz CT molecular complexity index is 3130. The average molecular weight is 1500 g/mol. The highest BCUT2D eigenvalue weighted by molar-refractivity contribution is 5.98. The number of carbonyl (C=O) groups is 10. The number of hydrogen-bond acceptors (Lipinski definition) is 16. The minimum Gasteiger partial charge on any atom is -0.480 e. The summed E-state index contributed by atoms with van der Waals surface area (Å²) in [6, 6.07) is -14.9. The molecule has 1 aromatic carbocycles. The van der Waals surface area contributed by atoms with E-state index >= 15 is 8.78 Å². The number of guanidine groups is 5. The van der Waals surface area contributed by atoms with Gasteiger partial charge < -0.3 is 116 Å². The number of carboxylic acids is 1. The third-order valence-corrected chi connectivity index (χ3v) is 16.9. The smallest absolute Gasteiger partial charge is 0.326 e. The number of aliphatic carboxylic acids is 1. The Morgan fingerprint density at radius 1 is 0.371 bits per heavy atom. The van der Waals surface area contributed by atoms with Crippen LogP contribution in [0.4, 0.5) is 22.0 Å². The van der Waals surface area contributed by atoms with Crippen LogP contribution in [0.3, 0.4) is 0 Å². The van der Waals surface area contributed by atoms with E-state index in [1.165, 1.54) is 0 Å². The van der Waals surface area contributed by atoms with Crippen LogP contribution in [0.5, 0.6) is 0 Å². The van der Waals surface area contributed by atoms with Gasteiger partial charge in [-0.15, -0.1) is 0 Å². The molecule has 36 nitrogen and oxygen atoms in total. The quantitative estimate of drug-likeness (QED) is 0.00765. The van der Waals surface area contributed by atoms with Gasteiger partial charge in [-0.25, -0.2) is 26.7 Å². The maximum atomic E-state index is 15.4. The molecule has 1 aromatic rings. The summed E-state index contributed by atoms with van der Waals surface area (Å²) < 4.78 is 74.7. The van der Waals surface area contributed by atoms with Crippen LogP contribution >= 0.6 is 0 Å². The molecule has 0 radical (unpaired) electrons. The zero-order chi connectivity index (χ0) is 78.7. The maximum Gasteiger partial charge on any atom is 0.326 e. The highest BCUT2D eigenvalue weighted by Crippen LogP contribution is 2.29. The van der Waals surface area contributed by atoms with E-state index in [1.807, 2.05) is 0 Å². The summed E-state index contributed by atoms with van der Waals surface area (Å²) in [5.74, 6) is -24.8. The lowest BCUT2D eigenvalue weighted by Crippen LogP contribution is -2.60.